The molecule has 0 spiro atoms. The van der Waals surface area contributed by atoms with Gasteiger partial charge in [0.1, 0.15) is 11.8 Å². The Bertz CT molecular complexity index is 1500. The van der Waals surface area contributed by atoms with Crippen LogP contribution in [-0.4, -0.2) is 57.1 Å². The van der Waals surface area contributed by atoms with Crippen LogP contribution in [0.3, 0.4) is 0 Å². The minimum atomic E-state index is -3.69. The lowest BCUT2D eigenvalue weighted by Crippen LogP contribution is -2.51. The van der Waals surface area contributed by atoms with Gasteiger partial charge in [0, 0.05) is 42.5 Å². The summed E-state index contributed by atoms with van der Waals surface area (Å²) >= 11 is 12.7. The number of amides is 2. The molecule has 44 heavy (non-hydrogen) atoms. The molecule has 1 atom stereocenters. The number of ether oxygens (including phenoxy) is 1. The molecule has 8 nitrogen and oxygen atoms in total. The number of hydrogen-bond donors (Lipinski definition) is 1. The molecule has 0 aromatic heterocycles. The molecular formula is C33H41Cl2N3O5S. The number of hydrogen-bond acceptors (Lipinski definition) is 5. The number of halogens is 2. The first-order valence-electron chi connectivity index (χ1n) is 14.6. The van der Waals surface area contributed by atoms with Crippen LogP contribution in [0.25, 0.3) is 0 Å². The molecule has 0 bridgehead atoms. The largest absolute Gasteiger partial charge is 0.492 e. The van der Waals surface area contributed by atoms with Gasteiger partial charge in [-0.2, -0.15) is 0 Å². The molecule has 0 saturated heterocycles. The summed E-state index contributed by atoms with van der Waals surface area (Å²) in [5.74, 6) is 0.0795. The summed E-state index contributed by atoms with van der Waals surface area (Å²) in [4.78, 5) is 29.2. The number of anilines is 1. The molecule has 238 valence electrons. The first kappa shape index (κ1) is 35.2. The molecule has 0 aliphatic carbocycles. The van der Waals surface area contributed by atoms with Crippen molar-refractivity contribution in [3.05, 3.63) is 94.0 Å². The molecule has 0 fully saturated rings. The van der Waals surface area contributed by atoms with Crippen molar-refractivity contribution in [1.29, 1.82) is 0 Å². The fourth-order valence-electron chi connectivity index (χ4n) is 4.73. The van der Waals surface area contributed by atoms with Crippen molar-refractivity contribution in [3.8, 4) is 5.75 Å². The van der Waals surface area contributed by atoms with Gasteiger partial charge < -0.3 is 15.0 Å². The fourth-order valence-corrected chi connectivity index (χ4v) is 6.17. The van der Waals surface area contributed by atoms with E-state index in [0.29, 0.717) is 46.6 Å². The van der Waals surface area contributed by atoms with Gasteiger partial charge in [-0.1, -0.05) is 85.6 Å². The summed E-state index contributed by atoms with van der Waals surface area (Å²) in [5.41, 5.74) is 1.94. The monoisotopic (exact) mass is 661 g/mol. The quantitative estimate of drug-likeness (QED) is 0.193. The van der Waals surface area contributed by atoms with Crippen molar-refractivity contribution in [1.82, 2.24) is 10.2 Å². The zero-order valence-electron chi connectivity index (χ0n) is 25.6. The Labute approximate surface area is 271 Å². The minimum Gasteiger partial charge on any atom is -0.492 e. The number of sulfonamides is 1. The van der Waals surface area contributed by atoms with E-state index in [1.807, 2.05) is 51.1 Å². The van der Waals surface area contributed by atoms with Crippen LogP contribution in [0, 0.1) is 5.92 Å². The third kappa shape index (κ3) is 10.4. The van der Waals surface area contributed by atoms with Gasteiger partial charge in [0.15, 0.2) is 0 Å². The van der Waals surface area contributed by atoms with Gasteiger partial charge in [-0.05, 0) is 54.7 Å². The van der Waals surface area contributed by atoms with Crippen LogP contribution in [0.1, 0.15) is 44.7 Å². The topological polar surface area (TPSA) is 96.0 Å². The maximum absolute atomic E-state index is 14.0. The van der Waals surface area contributed by atoms with E-state index in [2.05, 4.69) is 5.32 Å². The lowest BCUT2D eigenvalue weighted by Gasteiger charge is -2.32. The number of nitrogens with zero attached hydrogens (tertiary/aromatic N) is 2. The molecule has 0 radical (unpaired) electrons. The lowest BCUT2D eigenvalue weighted by atomic mass is 10.0. The third-order valence-corrected chi connectivity index (χ3v) is 8.66. The summed E-state index contributed by atoms with van der Waals surface area (Å²) in [6.45, 7) is 6.77. The van der Waals surface area contributed by atoms with Crippen LogP contribution in [0.4, 0.5) is 5.69 Å². The molecule has 0 aliphatic rings. The average Bonchev–Trinajstić information content (AvgIpc) is 2.97. The number of benzene rings is 3. The zero-order chi connectivity index (χ0) is 32.3. The molecule has 1 N–H and O–H groups in total. The SMILES string of the molecule is CCOc1ccccc1N(CCCC(=O)N(Cc1ccc(Cl)cc1Cl)C(Cc1ccccc1)C(=O)NCC(C)C)S(C)(=O)=O. The van der Waals surface area contributed by atoms with E-state index in [1.54, 1.807) is 42.5 Å². The van der Waals surface area contributed by atoms with E-state index in [0.717, 1.165) is 11.8 Å². The molecule has 1 unspecified atom stereocenters. The third-order valence-electron chi connectivity index (χ3n) is 6.90. The first-order valence-corrected chi connectivity index (χ1v) is 17.3. The van der Waals surface area contributed by atoms with E-state index in [4.69, 9.17) is 27.9 Å². The van der Waals surface area contributed by atoms with Crippen LogP contribution in [-0.2, 0) is 32.6 Å². The number of para-hydroxylation sites is 2. The predicted octanol–water partition coefficient (Wildman–Crippen LogP) is 6.35. The van der Waals surface area contributed by atoms with Gasteiger partial charge >= 0.3 is 0 Å². The molecule has 3 aromatic rings. The van der Waals surface area contributed by atoms with E-state index < -0.39 is 16.1 Å². The highest BCUT2D eigenvalue weighted by Crippen LogP contribution is 2.30. The van der Waals surface area contributed by atoms with Crippen molar-refractivity contribution in [2.24, 2.45) is 5.92 Å². The van der Waals surface area contributed by atoms with Gasteiger partial charge in [-0.25, -0.2) is 8.42 Å². The lowest BCUT2D eigenvalue weighted by molar-refractivity contribution is -0.141. The Hall–Kier alpha value is -3.27. The Morgan fingerprint density at radius 2 is 1.66 bits per heavy atom. The van der Waals surface area contributed by atoms with E-state index >= 15 is 0 Å². The summed E-state index contributed by atoms with van der Waals surface area (Å²) in [7, 11) is -3.69. The molecule has 3 rings (SSSR count). The maximum atomic E-state index is 14.0. The molecule has 11 heteroatoms. The highest BCUT2D eigenvalue weighted by molar-refractivity contribution is 7.92. The maximum Gasteiger partial charge on any atom is 0.243 e. The van der Waals surface area contributed by atoms with E-state index in [-0.39, 0.29) is 43.7 Å². The molecule has 0 aliphatic heterocycles. The Kier molecular flexibility index (Phi) is 13.4. The number of carbonyl (C=O) groups is 2. The van der Waals surface area contributed by atoms with Crippen LogP contribution in [0.15, 0.2) is 72.8 Å². The van der Waals surface area contributed by atoms with E-state index in [1.165, 1.54) is 9.21 Å². The minimum absolute atomic E-state index is 0.00319. The van der Waals surface area contributed by atoms with Crippen molar-refractivity contribution >= 4 is 50.7 Å². The second-order valence-corrected chi connectivity index (χ2v) is 13.7. The predicted molar refractivity (Wildman–Crippen MR) is 178 cm³/mol. The van der Waals surface area contributed by atoms with Gasteiger partial charge in [0.25, 0.3) is 0 Å². The van der Waals surface area contributed by atoms with Crippen LogP contribution >= 0.6 is 23.2 Å². The second-order valence-electron chi connectivity index (χ2n) is 10.9. The van der Waals surface area contributed by atoms with Gasteiger partial charge in [-0.15, -0.1) is 0 Å². The highest BCUT2D eigenvalue weighted by Gasteiger charge is 2.31. The molecule has 3 aromatic carbocycles. The number of carbonyl (C=O) groups excluding carboxylic acids is 2. The summed E-state index contributed by atoms with van der Waals surface area (Å²) in [5, 5.41) is 3.83. The van der Waals surface area contributed by atoms with E-state index in [9.17, 15) is 18.0 Å². The smallest absolute Gasteiger partial charge is 0.243 e. The standard InChI is InChI=1S/C33H41Cl2N3O5S/c1-5-43-31-15-10-9-14-29(31)38(44(4,41)42)19-11-16-32(39)37(23-26-17-18-27(34)21-28(26)35)30(33(40)36-22-24(2)3)20-25-12-7-6-8-13-25/h6-10,12-15,17-18,21,24,30H,5,11,16,19-20,22-23H2,1-4H3,(H,36,40). The molecule has 0 heterocycles. The van der Waals surface area contributed by atoms with Crippen molar-refractivity contribution in [2.75, 3.05) is 30.3 Å². The number of rotatable bonds is 16. The highest BCUT2D eigenvalue weighted by atomic mass is 35.5. The van der Waals surface area contributed by atoms with Gasteiger partial charge in [0.05, 0.1) is 18.6 Å². The normalized spacial score (nSPS) is 12.1. The number of nitrogens with one attached hydrogen (secondary N) is 1. The van der Waals surface area contributed by atoms with Gasteiger partial charge in [-0.3, -0.25) is 13.9 Å². The first-order chi connectivity index (χ1) is 20.9. The Balaban J connectivity index is 1.92. The van der Waals surface area contributed by atoms with Crippen molar-refractivity contribution in [2.45, 2.75) is 52.6 Å². The fraction of sp³-hybridized carbons (Fsp3) is 0.394. The summed E-state index contributed by atoms with van der Waals surface area (Å²) < 4.78 is 32.6. The van der Waals surface area contributed by atoms with Crippen LogP contribution in [0.2, 0.25) is 10.0 Å². The van der Waals surface area contributed by atoms with Gasteiger partial charge in [0.2, 0.25) is 21.8 Å². The van der Waals surface area contributed by atoms with Crippen LogP contribution < -0.4 is 14.4 Å². The Morgan fingerprint density at radius 1 is 0.977 bits per heavy atom. The second kappa shape index (κ2) is 16.7. The summed E-state index contributed by atoms with van der Waals surface area (Å²) in [6.07, 6.45) is 1.62. The Morgan fingerprint density at radius 3 is 2.30 bits per heavy atom. The van der Waals surface area contributed by atoms with Crippen molar-refractivity contribution < 1.29 is 22.7 Å². The molecule has 2 amide bonds. The zero-order valence-corrected chi connectivity index (χ0v) is 28.0. The molecule has 0 saturated carbocycles. The van der Waals surface area contributed by atoms with Crippen LogP contribution in [0.5, 0.6) is 5.75 Å². The molecular weight excluding hydrogens is 621 g/mol. The summed E-state index contributed by atoms with van der Waals surface area (Å²) in [6, 6.07) is 20.6. The van der Waals surface area contributed by atoms with Crippen molar-refractivity contribution in [3.63, 3.8) is 0 Å². The average molecular weight is 663 g/mol.